The Balaban J connectivity index is 2.12. The van der Waals surface area contributed by atoms with Gasteiger partial charge in [-0.1, -0.05) is 29.5 Å². The van der Waals surface area contributed by atoms with Crippen LogP contribution in [0.4, 0.5) is 0 Å². The smallest absolute Gasteiger partial charge is 0.279 e. The highest BCUT2D eigenvalue weighted by atomic mass is 32.2. The lowest BCUT2D eigenvalue weighted by molar-refractivity contribution is 0.0991. The lowest BCUT2D eigenvalue weighted by Crippen LogP contribution is -2.16. The van der Waals surface area contributed by atoms with E-state index in [4.69, 9.17) is 0 Å². The zero-order chi connectivity index (χ0) is 20.5. The van der Waals surface area contributed by atoms with Crippen LogP contribution in [0.5, 0.6) is 0 Å². The van der Waals surface area contributed by atoms with Gasteiger partial charge in [0.25, 0.3) is 5.91 Å². The SMILES string of the molecule is C=CCn1c(=NC(=O)c2ccc(C(C)=O)cc2)sc2cc(S(C)(=O)=O)ccc21. The minimum absolute atomic E-state index is 0.0778. The summed E-state index contributed by atoms with van der Waals surface area (Å²) < 4.78 is 26.1. The molecule has 0 fully saturated rings. The van der Waals surface area contributed by atoms with Crippen LogP contribution in [0.15, 0.2) is 65.0 Å². The highest BCUT2D eigenvalue weighted by molar-refractivity contribution is 7.90. The molecule has 1 amide bonds. The van der Waals surface area contributed by atoms with Crippen LogP contribution in [-0.2, 0) is 16.4 Å². The number of nitrogens with zero attached hydrogens (tertiary/aromatic N) is 2. The molecule has 0 unspecified atom stereocenters. The molecule has 1 aromatic heterocycles. The van der Waals surface area contributed by atoms with Crippen LogP contribution in [-0.4, -0.2) is 30.9 Å². The van der Waals surface area contributed by atoms with Crippen LogP contribution in [0, 0.1) is 0 Å². The summed E-state index contributed by atoms with van der Waals surface area (Å²) in [6.07, 6.45) is 2.83. The predicted molar refractivity (Wildman–Crippen MR) is 109 cm³/mol. The second-order valence-electron chi connectivity index (χ2n) is 6.24. The van der Waals surface area contributed by atoms with Gasteiger partial charge >= 0.3 is 0 Å². The van der Waals surface area contributed by atoms with Crippen molar-refractivity contribution >= 4 is 43.1 Å². The Labute approximate surface area is 166 Å². The summed E-state index contributed by atoms with van der Waals surface area (Å²) in [5.41, 5.74) is 1.66. The summed E-state index contributed by atoms with van der Waals surface area (Å²) in [7, 11) is -3.34. The normalized spacial score (nSPS) is 12.3. The number of rotatable bonds is 5. The Kier molecular flexibility index (Phi) is 5.44. The van der Waals surface area contributed by atoms with Gasteiger partial charge in [0, 0.05) is 23.9 Å². The van der Waals surface area contributed by atoms with Crippen molar-refractivity contribution in [3.8, 4) is 0 Å². The van der Waals surface area contributed by atoms with Gasteiger partial charge in [0.2, 0.25) is 0 Å². The summed E-state index contributed by atoms with van der Waals surface area (Å²) >= 11 is 1.23. The third-order valence-electron chi connectivity index (χ3n) is 4.13. The van der Waals surface area contributed by atoms with E-state index < -0.39 is 15.7 Å². The molecule has 144 valence electrons. The van der Waals surface area contributed by atoms with Gasteiger partial charge < -0.3 is 4.57 Å². The monoisotopic (exact) mass is 414 g/mol. The fourth-order valence-electron chi connectivity index (χ4n) is 2.67. The summed E-state index contributed by atoms with van der Waals surface area (Å²) in [4.78, 5) is 28.8. The van der Waals surface area contributed by atoms with E-state index in [1.165, 1.54) is 24.3 Å². The van der Waals surface area contributed by atoms with E-state index in [2.05, 4.69) is 11.6 Å². The van der Waals surface area contributed by atoms with Crippen molar-refractivity contribution in [1.29, 1.82) is 0 Å². The van der Waals surface area contributed by atoms with Crippen molar-refractivity contribution in [2.75, 3.05) is 6.26 Å². The number of benzene rings is 2. The number of thiazole rings is 1. The zero-order valence-corrected chi connectivity index (χ0v) is 17.0. The molecule has 8 heteroatoms. The molecule has 0 atom stereocenters. The number of fused-ring (bicyclic) bond motifs is 1. The van der Waals surface area contributed by atoms with Crippen molar-refractivity contribution in [3.05, 3.63) is 71.0 Å². The van der Waals surface area contributed by atoms with Crippen LogP contribution in [0.25, 0.3) is 10.2 Å². The molecule has 0 aliphatic heterocycles. The number of carbonyl (C=O) groups is 2. The van der Waals surface area contributed by atoms with E-state index in [1.54, 1.807) is 47.0 Å². The maximum absolute atomic E-state index is 12.6. The van der Waals surface area contributed by atoms with Crippen molar-refractivity contribution < 1.29 is 18.0 Å². The number of hydrogen-bond acceptors (Lipinski definition) is 5. The summed E-state index contributed by atoms with van der Waals surface area (Å²) in [5, 5.41) is 0. The van der Waals surface area contributed by atoms with E-state index in [1.807, 2.05) is 0 Å². The summed E-state index contributed by atoms with van der Waals surface area (Å²) in [6, 6.07) is 11.1. The van der Waals surface area contributed by atoms with Crippen LogP contribution < -0.4 is 4.80 Å². The Hall–Kier alpha value is -2.84. The topological polar surface area (TPSA) is 85.6 Å². The Morgan fingerprint density at radius 1 is 1.14 bits per heavy atom. The van der Waals surface area contributed by atoms with Crippen LogP contribution in [0.3, 0.4) is 0 Å². The molecule has 0 saturated carbocycles. The Bertz CT molecular complexity index is 1260. The third kappa shape index (κ3) is 4.02. The number of ketones is 1. The van der Waals surface area contributed by atoms with Gasteiger partial charge in [0.05, 0.1) is 15.1 Å². The lowest BCUT2D eigenvalue weighted by Gasteiger charge is -2.02. The maximum atomic E-state index is 12.6. The highest BCUT2D eigenvalue weighted by Crippen LogP contribution is 2.22. The van der Waals surface area contributed by atoms with E-state index in [0.29, 0.717) is 27.2 Å². The van der Waals surface area contributed by atoms with Gasteiger partial charge in [-0.25, -0.2) is 8.42 Å². The fourth-order valence-corrected chi connectivity index (χ4v) is 4.47. The van der Waals surface area contributed by atoms with Gasteiger partial charge in [-0.3, -0.25) is 9.59 Å². The Morgan fingerprint density at radius 3 is 2.36 bits per heavy atom. The molecule has 0 bridgehead atoms. The first-order chi connectivity index (χ1) is 13.2. The number of carbonyl (C=O) groups excluding carboxylic acids is 2. The van der Waals surface area contributed by atoms with Gasteiger partial charge in [-0.2, -0.15) is 4.99 Å². The number of sulfone groups is 1. The molecule has 0 spiro atoms. The predicted octanol–water partition coefficient (Wildman–Crippen LogP) is 3.24. The van der Waals surface area contributed by atoms with E-state index in [0.717, 1.165) is 11.8 Å². The van der Waals surface area contributed by atoms with Crippen molar-refractivity contribution in [2.45, 2.75) is 18.4 Å². The molecule has 3 rings (SSSR count). The number of amides is 1. The molecule has 0 radical (unpaired) electrons. The first-order valence-corrected chi connectivity index (χ1v) is 11.1. The minimum atomic E-state index is -3.34. The fraction of sp³-hybridized carbons (Fsp3) is 0.150. The molecule has 28 heavy (non-hydrogen) atoms. The average molecular weight is 415 g/mol. The molecular weight excluding hydrogens is 396 g/mol. The average Bonchev–Trinajstić information content (AvgIpc) is 2.98. The number of allylic oxidation sites excluding steroid dienone is 1. The van der Waals surface area contributed by atoms with Gasteiger partial charge in [-0.15, -0.1) is 6.58 Å². The van der Waals surface area contributed by atoms with E-state index in [-0.39, 0.29) is 10.7 Å². The second kappa shape index (κ2) is 7.65. The highest BCUT2D eigenvalue weighted by Gasteiger charge is 2.13. The number of hydrogen-bond donors (Lipinski definition) is 0. The molecule has 2 aromatic carbocycles. The van der Waals surface area contributed by atoms with E-state index >= 15 is 0 Å². The van der Waals surface area contributed by atoms with Crippen LogP contribution in [0.2, 0.25) is 0 Å². The molecule has 0 aliphatic carbocycles. The van der Waals surface area contributed by atoms with Crippen LogP contribution >= 0.6 is 11.3 Å². The number of Topliss-reactive ketones (excluding diaryl/α,β-unsaturated/α-hetero) is 1. The molecule has 0 N–H and O–H groups in total. The van der Waals surface area contributed by atoms with E-state index in [9.17, 15) is 18.0 Å². The second-order valence-corrected chi connectivity index (χ2v) is 9.26. The minimum Gasteiger partial charge on any atom is -0.312 e. The van der Waals surface area contributed by atoms with Crippen LogP contribution in [0.1, 0.15) is 27.6 Å². The molecule has 0 aliphatic rings. The standard InChI is InChI=1S/C20H18N2O4S2/c1-4-11-22-17-10-9-16(28(3,25)26)12-18(17)27-20(22)21-19(24)15-7-5-14(6-8-15)13(2)23/h4-10,12H,1,11H2,2-3H3. The molecular formula is C20H18N2O4S2. The van der Waals surface area contributed by atoms with Crippen molar-refractivity contribution in [2.24, 2.45) is 4.99 Å². The first kappa shape index (κ1) is 19.9. The quantitative estimate of drug-likeness (QED) is 0.474. The van der Waals surface area contributed by atoms with Crippen molar-refractivity contribution in [3.63, 3.8) is 0 Å². The summed E-state index contributed by atoms with van der Waals surface area (Å²) in [5.74, 6) is -0.520. The zero-order valence-electron chi connectivity index (χ0n) is 15.4. The van der Waals surface area contributed by atoms with Gasteiger partial charge in [0.15, 0.2) is 20.4 Å². The van der Waals surface area contributed by atoms with Crippen molar-refractivity contribution in [1.82, 2.24) is 4.57 Å². The van der Waals surface area contributed by atoms with Gasteiger partial charge in [-0.05, 0) is 37.3 Å². The summed E-state index contributed by atoms with van der Waals surface area (Å²) in [6.45, 7) is 5.62. The molecule has 1 heterocycles. The number of aromatic nitrogens is 1. The first-order valence-electron chi connectivity index (χ1n) is 8.35. The third-order valence-corrected chi connectivity index (χ3v) is 6.28. The molecule has 6 nitrogen and oxygen atoms in total. The van der Waals surface area contributed by atoms with Gasteiger partial charge in [0.1, 0.15) is 0 Å². The maximum Gasteiger partial charge on any atom is 0.279 e. The Morgan fingerprint density at radius 2 is 1.79 bits per heavy atom. The molecule has 3 aromatic rings. The largest absolute Gasteiger partial charge is 0.312 e. The lowest BCUT2D eigenvalue weighted by atomic mass is 10.1. The molecule has 0 saturated heterocycles.